The molecule has 1 aliphatic heterocycles. The number of nitrogens with zero attached hydrogens (tertiary/aromatic N) is 6. The van der Waals surface area contributed by atoms with Crippen molar-refractivity contribution in [2.24, 2.45) is 0 Å². The average Bonchev–Trinajstić information content (AvgIpc) is 3.66. The Kier molecular flexibility index (Phi) is 10.9. The van der Waals surface area contributed by atoms with E-state index in [4.69, 9.17) is 0 Å². The summed E-state index contributed by atoms with van der Waals surface area (Å²) in [6.07, 6.45) is 2.73. The molecule has 1 saturated heterocycles. The highest BCUT2D eigenvalue weighted by molar-refractivity contribution is 8.01. The van der Waals surface area contributed by atoms with Gasteiger partial charge in [-0.3, -0.25) is 19.5 Å². The monoisotopic (exact) mass is 686 g/mol. The summed E-state index contributed by atoms with van der Waals surface area (Å²) < 4.78 is 30.1. The molecule has 0 bridgehead atoms. The Morgan fingerprint density at radius 2 is 1.71 bits per heavy atom. The summed E-state index contributed by atoms with van der Waals surface area (Å²) in [5.41, 5.74) is 3.17. The topological polar surface area (TPSA) is 152 Å². The van der Waals surface area contributed by atoms with Crippen molar-refractivity contribution in [1.82, 2.24) is 34.6 Å². The number of rotatable bonds is 12. The minimum atomic E-state index is -3.59. The molecule has 16 heteroatoms. The molecule has 0 saturated carbocycles. The van der Waals surface area contributed by atoms with Gasteiger partial charge in [-0.15, -0.1) is 20.4 Å². The maximum Gasteiger partial charge on any atom is 0.251 e. The summed E-state index contributed by atoms with van der Waals surface area (Å²) in [6, 6.07) is 12.0. The van der Waals surface area contributed by atoms with Gasteiger partial charge in [-0.1, -0.05) is 60.3 Å². The second kappa shape index (κ2) is 14.9. The van der Waals surface area contributed by atoms with E-state index in [2.05, 4.69) is 31.0 Å². The minimum absolute atomic E-state index is 0.0580. The summed E-state index contributed by atoms with van der Waals surface area (Å²) in [6.45, 7) is 7.06. The van der Waals surface area contributed by atoms with Gasteiger partial charge in [-0.25, -0.2) is 8.42 Å². The predicted octanol–water partition coefficient (Wildman–Crippen LogP) is 4.68. The molecule has 45 heavy (non-hydrogen) atoms. The highest BCUT2D eigenvalue weighted by atomic mass is 32.2. The molecule has 0 atom stereocenters. The SMILES string of the molecule is CCSc1nnc(NC(=O)CSc2nnc(CNC(=O)c3ccc(S(=O)(=O)N4CCCCC4)cc3)n2-c2cc(C)ccc2C)s1. The van der Waals surface area contributed by atoms with Crippen molar-refractivity contribution in [2.45, 2.75) is 61.0 Å². The molecule has 2 N–H and O–H groups in total. The van der Waals surface area contributed by atoms with Crippen molar-refractivity contribution in [3.05, 3.63) is 65.0 Å². The fourth-order valence-corrected chi connectivity index (χ4v) is 8.68. The van der Waals surface area contributed by atoms with E-state index in [0.717, 1.165) is 46.2 Å². The van der Waals surface area contributed by atoms with Crippen LogP contribution >= 0.6 is 34.9 Å². The van der Waals surface area contributed by atoms with Crippen LogP contribution in [0.4, 0.5) is 5.13 Å². The van der Waals surface area contributed by atoms with Gasteiger partial charge in [0.2, 0.25) is 21.1 Å². The van der Waals surface area contributed by atoms with E-state index in [1.165, 1.54) is 51.7 Å². The lowest BCUT2D eigenvalue weighted by atomic mass is 10.1. The molecule has 3 heterocycles. The lowest BCUT2D eigenvalue weighted by molar-refractivity contribution is -0.113. The Labute approximate surface area is 274 Å². The summed E-state index contributed by atoms with van der Waals surface area (Å²) in [7, 11) is -3.59. The third-order valence-electron chi connectivity index (χ3n) is 7.04. The van der Waals surface area contributed by atoms with Gasteiger partial charge < -0.3 is 5.32 Å². The number of sulfonamides is 1. The molecule has 0 spiro atoms. The zero-order chi connectivity index (χ0) is 32.0. The first-order valence-corrected chi connectivity index (χ1v) is 18.7. The molecular formula is C29H34N8O4S4. The van der Waals surface area contributed by atoms with E-state index in [9.17, 15) is 18.0 Å². The zero-order valence-electron chi connectivity index (χ0n) is 25.1. The summed E-state index contributed by atoms with van der Waals surface area (Å²) in [4.78, 5) is 26.0. The van der Waals surface area contributed by atoms with E-state index in [1.807, 2.05) is 43.5 Å². The van der Waals surface area contributed by atoms with Gasteiger partial charge in [0.1, 0.15) is 0 Å². The van der Waals surface area contributed by atoms with Crippen molar-refractivity contribution < 1.29 is 18.0 Å². The number of hydrogen-bond acceptors (Lipinski definition) is 11. The van der Waals surface area contributed by atoms with E-state index < -0.39 is 10.0 Å². The Hall–Kier alpha value is -3.31. The van der Waals surface area contributed by atoms with Crippen LogP contribution in [0.1, 0.15) is 53.5 Å². The number of amides is 2. The first kappa shape index (κ1) is 33.1. The van der Waals surface area contributed by atoms with Crippen molar-refractivity contribution in [2.75, 3.05) is 29.9 Å². The van der Waals surface area contributed by atoms with E-state index in [-0.39, 0.29) is 29.0 Å². The third kappa shape index (κ3) is 8.10. The predicted molar refractivity (Wildman–Crippen MR) is 177 cm³/mol. The zero-order valence-corrected chi connectivity index (χ0v) is 28.4. The van der Waals surface area contributed by atoms with Gasteiger partial charge >= 0.3 is 0 Å². The van der Waals surface area contributed by atoms with E-state index in [0.29, 0.717) is 34.8 Å². The lowest BCUT2D eigenvalue weighted by Crippen LogP contribution is -2.35. The van der Waals surface area contributed by atoms with Crippen molar-refractivity contribution in [3.63, 3.8) is 0 Å². The molecule has 0 aliphatic carbocycles. The Morgan fingerprint density at radius 3 is 2.44 bits per heavy atom. The smallest absolute Gasteiger partial charge is 0.251 e. The van der Waals surface area contributed by atoms with Gasteiger partial charge in [0.25, 0.3) is 5.91 Å². The molecule has 2 aromatic carbocycles. The highest BCUT2D eigenvalue weighted by Gasteiger charge is 2.26. The van der Waals surface area contributed by atoms with Crippen LogP contribution in [0.3, 0.4) is 0 Å². The van der Waals surface area contributed by atoms with Crippen LogP contribution in [-0.4, -0.2) is 74.1 Å². The van der Waals surface area contributed by atoms with Crippen molar-refractivity contribution >= 4 is 61.8 Å². The lowest BCUT2D eigenvalue weighted by Gasteiger charge is -2.25. The van der Waals surface area contributed by atoms with Crippen LogP contribution in [0.15, 0.2) is 56.9 Å². The quantitative estimate of drug-likeness (QED) is 0.159. The number of carbonyl (C=O) groups is 2. The number of hydrogen-bond donors (Lipinski definition) is 2. The van der Waals surface area contributed by atoms with Crippen LogP contribution in [-0.2, 0) is 21.4 Å². The average molecular weight is 687 g/mol. The molecular weight excluding hydrogens is 653 g/mol. The van der Waals surface area contributed by atoms with Crippen LogP contribution in [0.2, 0.25) is 0 Å². The molecule has 1 fully saturated rings. The first-order chi connectivity index (χ1) is 21.7. The third-order valence-corrected chi connectivity index (χ3v) is 11.7. The highest BCUT2D eigenvalue weighted by Crippen LogP contribution is 2.28. The molecule has 2 aromatic heterocycles. The molecule has 0 unspecified atom stereocenters. The molecule has 238 valence electrons. The second-order valence-corrected chi connectivity index (χ2v) is 15.7. The Balaban J connectivity index is 1.29. The van der Waals surface area contributed by atoms with Gasteiger partial charge in [0, 0.05) is 18.7 Å². The van der Waals surface area contributed by atoms with Crippen LogP contribution in [0.5, 0.6) is 0 Å². The first-order valence-electron chi connectivity index (χ1n) is 14.4. The number of aryl methyl sites for hydroxylation is 2. The molecule has 0 radical (unpaired) electrons. The van der Waals surface area contributed by atoms with Crippen molar-refractivity contribution in [1.29, 1.82) is 0 Å². The molecule has 12 nitrogen and oxygen atoms in total. The van der Waals surface area contributed by atoms with E-state index in [1.54, 1.807) is 11.8 Å². The summed E-state index contributed by atoms with van der Waals surface area (Å²) in [5, 5.41) is 23.4. The number of aromatic nitrogens is 5. The maximum atomic E-state index is 13.1. The van der Waals surface area contributed by atoms with E-state index >= 15 is 0 Å². The molecule has 4 aromatic rings. The fourth-order valence-electron chi connectivity index (χ4n) is 4.73. The van der Waals surface area contributed by atoms with Crippen LogP contribution in [0, 0.1) is 13.8 Å². The van der Waals surface area contributed by atoms with Crippen LogP contribution in [0.25, 0.3) is 5.69 Å². The summed E-state index contributed by atoms with van der Waals surface area (Å²) >= 11 is 4.11. The number of anilines is 1. The fraction of sp³-hybridized carbons (Fsp3) is 0.379. The Bertz CT molecular complexity index is 1770. The molecule has 5 rings (SSSR count). The number of carbonyl (C=O) groups excluding carboxylic acids is 2. The maximum absolute atomic E-state index is 13.1. The van der Waals surface area contributed by atoms with Crippen LogP contribution < -0.4 is 10.6 Å². The summed E-state index contributed by atoms with van der Waals surface area (Å²) in [5.74, 6) is 0.788. The molecule has 2 amide bonds. The second-order valence-electron chi connectivity index (χ2n) is 10.3. The van der Waals surface area contributed by atoms with Gasteiger partial charge in [-0.05, 0) is 73.9 Å². The minimum Gasteiger partial charge on any atom is -0.345 e. The Morgan fingerprint density at radius 1 is 0.956 bits per heavy atom. The number of nitrogens with one attached hydrogen (secondary N) is 2. The van der Waals surface area contributed by atoms with Gasteiger partial charge in [-0.2, -0.15) is 4.31 Å². The van der Waals surface area contributed by atoms with Gasteiger partial charge in [0.05, 0.1) is 22.9 Å². The normalized spacial score (nSPS) is 13.9. The van der Waals surface area contributed by atoms with Gasteiger partial charge in [0.15, 0.2) is 15.3 Å². The largest absolute Gasteiger partial charge is 0.345 e. The standard InChI is InChI=1S/C29H34N8O4S4/c1-4-42-29-35-33-27(44-29)31-25(38)18-43-28-34-32-24(37(28)23-16-19(2)8-9-20(23)3)17-30-26(39)21-10-12-22(13-11-21)45(40,41)36-14-6-5-7-15-36/h8-13,16H,4-7,14-15,17-18H2,1-3H3,(H,30,39)(H,31,33,38). The number of thioether (sulfide) groups is 2. The molecule has 1 aliphatic rings. The number of piperidine rings is 1. The number of benzene rings is 2. The van der Waals surface area contributed by atoms with Crippen molar-refractivity contribution in [3.8, 4) is 5.69 Å².